The largest absolute Gasteiger partial charge is 0.467 e. The van der Waals surface area contributed by atoms with Crippen molar-refractivity contribution < 1.29 is 23.9 Å². The summed E-state index contributed by atoms with van der Waals surface area (Å²) in [7, 11) is 1.25. The van der Waals surface area contributed by atoms with Gasteiger partial charge in [-0.25, -0.2) is 14.6 Å². The van der Waals surface area contributed by atoms with Crippen molar-refractivity contribution in [3.63, 3.8) is 0 Å². The molecule has 0 aliphatic rings. The lowest BCUT2D eigenvalue weighted by molar-refractivity contribution is -0.145. The van der Waals surface area contributed by atoms with Crippen LogP contribution in [0.1, 0.15) is 16.1 Å². The van der Waals surface area contributed by atoms with Crippen LogP contribution in [0.3, 0.4) is 0 Å². The molecule has 2 aromatic carbocycles. The number of fused-ring (bicyclic) bond motifs is 1. The highest BCUT2D eigenvalue weighted by Crippen LogP contribution is 2.12. The maximum absolute atomic E-state index is 12.2. The third kappa shape index (κ3) is 5.38. The van der Waals surface area contributed by atoms with Gasteiger partial charge in [-0.1, -0.05) is 54.6 Å². The first-order valence-electron chi connectivity index (χ1n) is 9.01. The molecule has 0 radical (unpaired) electrons. The van der Waals surface area contributed by atoms with Gasteiger partial charge in [0.15, 0.2) is 6.61 Å². The third-order valence-electron chi connectivity index (χ3n) is 4.25. The van der Waals surface area contributed by atoms with Gasteiger partial charge < -0.3 is 14.8 Å². The average Bonchev–Trinajstić information content (AvgIpc) is 2.76. The molecule has 1 N–H and O–H groups in total. The number of esters is 2. The molecule has 0 aliphatic heterocycles. The molecule has 7 nitrogen and oxygen atoms in total. The summed E-state index contributed by atoms with van der Waals surface area (Å²) in [6.45, 7) is -0.532. The van der Waals surface area contributed by atoms with Gasteiger partial charge in [-0.15, -0.1) is 0 Å². The van der Waals surface area contributed by atoms with Crippen molar-refractivity contribution >= 4 is 28.7 Å². The molecule has 0 saturated carbocycles. The second-order valence-electron chi connectivity index (χ2n) is 6.30. The van der Waals surface area contributed by atoms with E-state index >= 15 is 0 Å². The lowest BCUT2D eigenvalue weighted by Gasteiger charge is -2.16. The number of aromatic nitrogens is 1. The van der Waals surface area contributed by atoms with Crippen molar-refractivity contribution in [2.45, 2.75) is 12.5 Å². The summed E-state index contributed by atoms with van der Waals surface area (Å²) in [5.74, 6) is -1.90. The van der Waals surface area contributed by atoms with Gasteiger partial charge in [-0.3, -0.25) is 4.79 Å². The number of pyridine rings is 1. The standard InChI is InChI=1S/C22H20N2O5/c1-28-21(26)19(13-15-7-3-2-4-8-15)24-20(25)14-29-22(27)18-12-11-16-9-5-6-10-17(16)23-18/h2-12,19H,13-14H2,1H3,(H,24,25)/t19-/m1/s1. The normalized spacial score (nSPS) is 11.5. The monoisotopic (exact) mass is 392 g/mol. The number of rotatable bonds is 7. The molecule has 1 atom stereocenters. The lowest BCUT2D eigenvalue weighted by atomic mass is 10.1. The molecule has 0 fully saturated rings. The third-order valence-corrected chi connectivity index (χ3v) is 4.25. The van der Waals surface area contributed by atoms with E-state index < -0.39 is 30.5 Å². The molecule has 1 aromatic heterocycles. The smallest absolute Gasteiger partial charge is 0.357 e. The Labute approximate surface area is 167 Å². The van der Waals surface area contributed by atoms with Crippen LogP contribution in [0, 0.1) is 0 Å². The SMILES string of the molecule is COC(=O)[C@@H](Cc1ccccc1)NC(=O)COC(=O)c1ccc2ccccc2n1. The van der Waals surface area contributed by atoms with E-state index in [0.717, 1.165) is 10.9 Å². The van der Waals surface area contributed by atoms with Crippen molar-refractivity contribution in [1.29, 1.82) is 0 Å². The number of nitrogens with zero attached hydrogens (tertiary/aromatic N) is 1. The molecule has 3 aromatic rings. The second-order valence-corrected chi connectivity index (χ2v) is 6.30. The zero-order valence-corrected chi connectivity index (χ0v) is 15.8. The Morgan fingerprint density at radius 2 is 1.69 bits per heavy atom. The molecule has 3 rings (SSSR count). The zero-order valence-electron chi connectivity index (χ0n) is 15.8. The van der Waals surface area contributed by atoms with Crippen molar-refractivity contribution in [1.82, 2.24) is 10.3 Å². The topological polar surface area (TPSA) is 94.6 Å². The Hall–Kier alpha value is -3.74. The quantitative estimate of drug-likeness (QED) is 0.620. The Morgan fingerprint density at radius 3 is 2.45 bits per heavy atom. The van der Waals surface area contributed by atoms with Crippen LogP contribution in [0.5, 0.6) is 0 Å². The van der Waals surface area contributed by atoms with Crippen LogP contribution in [0.25, 0.3) is 10.9 Å². The number of hydrogen-bond donors (Lipinski definition) is 1. The second kappa shape index (κ2) is 9.45. The van der Waals surface area contributed by atoms with Crippen LogP contribution < -0.4 is 5.32 Å². The molecule has 29 heavy (non-hydrogen) atoms. The van der Waals surface area contributed by atoms with E-state index in [0.29, 0.717) is 5.52 Å². The number of hydrogen-bond acceptors (Lipinski definition) is 6. The van der Waals surface area contributed by atoms with Crippen LogP contribution in [0.4, 0.5) is 0 Å². The van der Waals surface area contributed by atoms with Gasteiger partial charge in [0, 0.05) is 11.8 Å². The van der Waals surface area contributed by atoms with E-state index in [-0.39, 0.29) is 12.1 Å². The van der Waals surface area contributed by atoms with E-state index in [9.17, 15) is 14.4 Å². The molecular formula is C22H20N2O5. The van der Waals surface area contributed by atoms with Crippen LogP contribution in [0.2, 0.25) is 0 Å². The highest BCUT2D eigenvalue weighted by molar-refractivity contribution is 5.93. The maximum Gasteiger partial charge on any atom is 0.357 e. The Balaban J connectivity index is 1.59. The predicted molar refractivity (Wildman–Crippen MR) is 106 cm³/mol. The lowest BCUT2D eigenvalue weighted by Crippen LogP contribution is -2.44. The van der Waals surface area contributed by atoms with Gasteiger partial charge in [-0.2, -0.15) is 0 Å². The number of nitrogens with one attached hydrogen (secondary N) is 1. The van der Waals surface area contributed by atoms with Crippen LogP contribution in [0.15, 0.2) is 66.7 Å². The molecule has 0 unspecified atom stereocenters. The molecule has 1 amide bonds. The number of amides is 1. The van der Waals surface area contributed by atoms with Gasteiger partial charge in [-0.05, 0) is 17.7 Å². The first-order chi connectivity index (χ1) is 14.1. The summed E-state index contributed by atoms with van der Waals surface area (Å²) in [6.07, 6.45) is 0.263. The average molecular weight is 392 g/mol. The van der Waals surface area contributed by atoms with Gasteiger partial charge in [0.1, 0.15) is 11.7 Å². The number of para-hydroxylation sites is 1. The molecule has 0 aliphatic carbocycles. The summed E-state index contributed by atoms with van der Waals surface area (Å²) in [5.41, 5.74) is 1.62. The number of methoxy groups -OCH3 is 1. The number of carbonyl (C=O) groups is 3. The molecule has 1 heterocycles. The number of carbonyl (C=O) groups excluding carboxylic acids is 3. The molecule has 7 heteroatoms. The van der Waals surface area contributed by atoms with Crippen LogP contribution >= 0.6 is 0 Å². The van der Waals surface area contributed by atoms with E-state index in [2.05, 4.69) is 10.3 Å². The van der Waals surface area contributed by atoms with E-state index in [1.807, 2.05) is 48.5 Å². The summed E-state index contributed by atoms with van der Waals surface area (Å²) < 4.78 is 9.79. The molecule has 0 bridgehead atoms. The fourth-order valence-corrected chi connectivity index (χ4v) is 2.81. The number of ether oxygens (including phenoxy) is 2. The summed E-state index contributed by atoms with van der Waals surface area (Å²) >= 11 is 0. The predicted octanol–water partition coefficient (Wildman–Crippen LogP) is 2.29. The summed E-state index contributed by atoms with van der Waals surface area (Å²) in [4.78, 5) is 40.6. The van der Waals surface area contributed by atoms with Crippen molar-refractivity contribution in [2.75, 3.05) is 13.7 Å². The van der Waals surface area contributed by atoms with Crippen molar-refractivity contribution in [2.24, 2.45) is 0 Å². The summed E-state index contributed by atoms with van der Waals surface area (Å²) in [6, 6.07) is 19.0. The highest BCUT2D eigenvalue weighted by atomic mass is 16.5. The molecular weight excluding hydrogens is 372 g/mol. The first-order valence-corrected chi connectivity index (χ1v) is 9.01. The van der Waals surface area contributed by atoms with Gasteiger partial charge in [0.25, 0.3) is 5.91 Å². The van der Waals surface area contributed by atoms with E-state index in [1.54, 1.807) is 12.1 Å². The maximum atomic E-state index is 12.2. The molecule has 0 saturated heterocycles. The Bertz CT molecular complexity index is 1020. The van der Waals surface area contributed by atoms with Gasteiger partial charge >= 0.3 is 11.9 Å². The Kier molecular flexibility index (Phi) is 6.52. The van der Waals surface area contributed by atoms with Crippen molar-refractivity contribution in [3.05, 3.63) is 78.0 Å². The minimum absolute atomic E-state index is 0.102. The minimum Gasteiger partial charge on any atom is -0.467 e. The van der Waals surface area contributed by atoms with Crippen LogP contribution in [-0.4, -0.2) is 42.6 Å². The fraction of sp³-hybridized carbons (Fsp3) is 0.182. The van der Waals surface area contributed by atoms with Gasteiger partial charge in [0.05, 0.1) is 12.6 Å². The van der Waals surface area contributed by atoms with Gasteiger partial charge in [0.2, 0.25) is 0 Å². The number of benzene rings is 2. The van der Waals surface area contributed by atoms with E-state index in [1.165, 1.54) is 13.2 Å². The van der Waals surface area contributed by atoms with Crippen LogP contribution in [-0.2, 0) is 25.5 Å². The highest BCUT2D eigenvalue weighted by Gasteiger charge is 2.23. The first kappa shape index (κ1) is 20.0. The fourth-order valence-electron chi connectivity index (χ4n) is 2.81. The minimum atomic E-state index is -0.882. The molecule has 0 spiro atoms. The summed E-state index contributed by atoms with van der Waals surface area (Å²) in [5, 5.41) is 3.43. The Morgan fingerprint density at radius 1 is 0.966 bits per heavy atom. The van der Waals surface area contributed by atoms with Crippen molar-refractivity contribution in [3.8, 4) is 0 Å². The van der Waals surface area contributed by atoms with E-state index in [4.69, 9.17) is 9.47 Å². The zero-order chi connectivity index (χ0) is 20.6. The molecule has 148 valence electrons.